The minimum absolute atomic E-state index is 0.103. The van der Waals surface area contributed by atoms with Crippen LogP contribution in [0, 0.1) is 17.3 Å². The first-order chi connectivity index (χ1) is 12.1. The van der Waals surface area contributed by atoms with Crippen molar-refractivity contribution in [3.05, 3.63) is 44.8 Å². The molecule has 3 unspecified atom stereocenters. The summed E-state index contributed by atoms with van der Waals surface area (Å²) in [5.41, 5.74) is -0.873. The molecule has 2 rings (SSSR count). The lowest BCUT2D eigenvalue weighted by Crippen LogP contribution is -2.53. The summed E-state index contributed by atoms with van der Waals surface area (Å²) < 4.78 is 7.88. The van der Waals surface area contributed by atoms with E-state index in [-0.39, 0.29) is 17.4 Å². The summed E-state index contributed by atoms with van der Waals surface area (Å²) in [7, 11) is -0.718. The maximum absolute atomic E-state index is 12.2. The standard InChI is InChI=1S/C19H30N2O4Si/c1-12(2)18(3,4)19(5,25-26-6)15-10-14(9-13(15)11-22)21-8-7-16(23)20-17(21)24/h7-9,11-12,14-15H,10,26H2,1-6H3,(H,20,23,24). The number of carbonyl (C=O) groups is 1. The number of allylic oxidation sites excluding steroid dienone is 1. The van der Waals surface area contributed by atoms with E-state index in [1.54, 1.807) is 0 Å². The fourth-order valence-electron chi connectivity index (χ4n) is 3.94. The van der Waals surface area contributed by atoms with Crippen LogP contribution < -0.4 is 11.2 Å². The minimum Gasteiger partial charge on any atom is -0.418 e. The zero-order valence-electron chi connectivity index (χ0n) is 16.5. The third kappa shape index (κ3) is 3.42. The summed E-state index contributed by atoms with van der Waals surface area (Å²) in [5.74, 6) is 0.254. The number of carbonyl (C=O) groups excluding carboxylic acids is 1. The Hall–Kier alpha value is -1.73. The third-order valence-corrected chi connectivity index (χ3v) is 7.33. The molecule has 0 bridgehead atoms. The van der Waals surface area contributed by atoms with Gasteiger partial charge in [-0.3, -0.25) is 19.1 Å². The van der Waals surface area contributed by atoms with Crippen molar-refractivity contribution in [3.8, 4) is 0 Å². The number of rotatable bonds is 7. The van der Waals surface area contributed by atoms with E-state index in [1.165, 1.54) is 16.8 Å². The molecule has 144 valence electrons. The van der Waals surface area contributed by atoms with Gasteiger partial charge in [-0.25, -0.2) is 4.79 Å². The van der Waals surface area contributed by atoms with E-state index in [4.69, 9.17) is 4.43 Å². The highest BCUT2D eigenvalue weighted by Crippen LogP contribution is 2.51. The van der Waals surface area contributed by atoms with Gasteiger partial charge in [0.2, 0.25) is 0 Å². The van der Waals surface area contributed by atoms with Crippen molar-refractivity contribution >= 4 is 16.0 Å². The van der Waals surface area contributed by atoms with Gasteiger partial charge in [-0.1, -0.05) is 40.3 Å². The van der Waals surface area contributed by atoms with Gasteiger partial charge in [-0.05, 0) is 30.3 Å². The quantitative estimate of drug-likeness (QED) is 0.580. The number of aldehydes is 1. The van der Waals surface area contributed by atoms with Crippen molar-refractivity contribution in [2.75, 3.05) is 0 Å². The van der Waals surface area contributed by atoms with Crippen LogP contribution in [-0.4, -0.2) is 31.2 Å². The van der Waals surface area contributed by atoms with Crippen LogP contribution in [0.15, 0.2) is 33.5 Å². The minimum atomic E-state index is -0.718. The van der Waals surface area contributed by atoms with Crippen LogP contribution in [0.25, 0.3) is 0 Å². The number of hydrogen-bond donors (Lipinski definition) is 1. The maximum atomic E-state index is 12.2. The van der Waals surface area contributed by atoms with E-state index >= 15 is 0 Å². The highest BCUT2D eigenvalue weighted by atomic mass is 28.2. The number of nitrogens with zero attached hydrogens (tertiary/aromatic N) is 1. The molecule has 0 saturated heterocycles. The fourth-order valence-corrected chi connectivity index (χ4v) is 5.11. The van der Waals surface area contributed by atoms with Gasteiger partial charge >= 0.3 is 5.69 Å². The van der Waals surface area contributed by atoms with Crippen molar-refractivity contribution in [1.29, 1.82) is 0 Å². The van der Waals surface area contributed by atoms with Crippen molar-refractivity contribution in [1.82, 2.24) is 9.55 Å². The second-order valence-corrected chi connectivity index (χ2v) is 8.94. The highest BCUT2D eigenvalue weighted by molar-refractivity contribution is 6.25. The average molecular weight is 379 g/mol. The number of aromatic amines is 1. The van der Waals surface area contributed by atoms with Gasteiger partial charge in [0, 0.05) is 18.2 Å². The normalized spacial score (nSPS) is 23.4. The Balaban J connectivity index is 2.49. The average Bonchev–Trinajstić information content (AvgIpc) is 2.99. The van der Waals surface area contributed by atoms with Crippen LogP contribution in [0.2, 0.25) is 6.55 Å². The van der Waals surface area contributed by atoms with Crippen LogP contribution in [0.5, 0.6) is 0 Å². The predicted molar refractivity (Wildman–Crippen MR) is 105 cm³/mol. The topological polar surface area (TPSA) is 81.2 Å². The van der Waals surface area contributed by atoms with Crippen LogP contribution in [0.1, 0.15) is 47.1 Å². The molecule has 7 heteroatoms. The molecule has 0 fully saturated rings. The smallest absolute Gasteiger partial charge is 0.328 e. The maximum Gasteiger partial charge on any atom is 0.328 e. The summed E-state index contributed by atoms with van der Waals surface area (Å²) in [6, 6.07) is 1.06. The molecule has 1 aliphatic carbocycles. The predicted octanol–water partition coefficient (Wildman–Crippen LogP) is 1.81. The second-order valence-electron chi connectivity index (χ2n) is 8.07. The Morgan fingerprint density at radius 1 is 1.35 bits per heavy atom. The Labute approximate surface area is 156 Å². The van der Waals surface area contributed by atoms with E-state index in [2.05, 4.69) is 46.1 Å². The Bertz CT molecular complexity index is 808. The molecule has 1 N–H and O–H groups in total. The van der Waals surface area contributed by atoms with E-state index in [0.717, 1.165) is 6.29 Å². The molecular weight excluding hydrogens is 348 g/mol. The molecule has 0 radical (unpaired) electrons. The summed E-state index contributed by atoms with van der Waals surface area (Å²) in [5, 5.41) is 0. The van der Waals surface area contributed by atoms with Crippen LogP contribution in [-0.2, 0) is 9.22 Å². The summed E-state index contributed by atoms with van der Waals surface area (Å²) >= 11 is 0. The summed E-state index contributed by atoms with van der Waals surface area (Å²) in [4.78, 5) is 37.6. The van der Waals surface area contributed by atoms with Gasteiger partial charge in [0.15, 0.2) is 9.76 Å². The van der Waals surface area contributed by atoms with Gasteiger partial charge in [-0.2, -0.15) is 0 Å². The van der Waals surface area contributed by atoms with Gasteiger partial charge < -0.3 is 4.43 Å². The molecule has 6 nitrogen and oxygen atoms in total. The van der Waals surface area contributed by atoms with Crippen molar-refractivity contribution in [3.63, 3.8) is 0 Å². The molecule has 3 atom stereocenters. The summed E-state index contributed by atoms with van der Waals surface area (Å²) in [6.45, 7) is 12.9. The van der Waals surface area contributed by atoms with E-state index < -0.39 is 26.6 Å². The molecule has 1 aromatic heterocycles. The first kappa shape index (κ1) is 20.6. The highest BCUT2D eigenvalue weighted by Gasteiger charge is 2.52. The van der Waals surface area contributed by atoms with Crippen molar-refractivity contribution < 1.29 is 9.22 Å². The molecule has 26 heavy (non-hydrogen) atoms. The molecule has 1 heterocycles. The third-order valence-electron chi connectivity index (χ3n) is 6.44. The van der Waals surface area contributed by atoms with Crippen molar-refractivity contribution in [2.45, 2.75) is 59.2 Å². The molecular formula is C19H30N2O4Si. The fraction of sp³-hybridized carbons (Fsp3) is 0.632. The molecule has 0 aromatic carbocycles. The summed E-state index contributed by atoms with van der Waals surface area (Å²) in [6.07, 6.45) is 4.82. The van der Waals surface area contributed by atoms with Crippen LogP contribution in [0.3, 0.4) is 0 Å². The number of aromatic nitrogens is 2. The number of H-pyrrole nitrogens is 1. The van der Waals surface area contributed by atoms with E-state index in [0.29, 0.717) is 17.9 Å². The van der Waals surface area contributed by atoms with Crippen LogP contribution >= 0.6 is 0 Å². The lowest BCUT2D eigenvalue weighted by Gasteiger charge is -2.51. The molecule has 0 saturated carbocycles. The Kier molecular flexibility index (Phi) is 5.92. The largest absolute Gasteiger partial charge is 0.418 e. The van der Waals surface area contributed by atoms with E-state index in [1.807, 2.05) is 6.08 Å². The lowest BCUT2D eigenvalue weighted by atomic mass is 9.62. The van der Waals surface area contributed by atoms with Gasteiger partial charge in [0.1, 0.15) is 6.29 Å². The SMILES string of the molecule is C[SiH2]OC(C)(C1CC(n2ccc(=O)[nH]c2=O)C=C1C=O)C(C)(C)C(C)C. The Morgan fingerprint density at radius 3 is 2.50 bits per heavy atom. The van der Waals surface area contributed by atoms with E-state index in [9.17, 15) is 14.4 Å². The zero-order chi connectivity index (χ0) is 19.7. The first-order valence-corrected chi connectivity index (χ1v) is 11.2. The number of nitrogens with one attached hydrogen (secondary N) is 1. The monoisotopic (exact) mass is 378 g/mol. The molecule has 0 spiro atoms. The zero-order valence-corrected chi connectivity index (χ0v) is 18.0. The molecule has 0 amide bonds. The molecule has 1 aromatic rings. The van der Waals surface area contributed by atoms with Gasteiger partial charge in [0.25, 0.3) is 5.56 Å². The van der Waals surface area contributed by atoms with Gasteiger partial charge in [0.05, 0.1) is 11.6 Å². The molecule has 0 aliphatic heterocycles. The lowest BCUT2D eigenvalue weighted by molar-refractivity contribution is -0.110. The molecule has 1 aliphatic rings. The van der Waals surface area contributed by atoms with Crippen molar-refractivity contribution in [2.24, 2.45) is 17.3 Å². The van der Waals surface area contributed by atoms with Crippen LogP contribution in [0.4, 0.5) is 0 Å². The van der Waals surface area contributed by atoms with Gasteiger partial charge in [-0.15, -0.1) is 0 Å². The Morgan fingerprint density at radius 2 is 2.00 bits per heavy atom. The first-order valence-electron chi connectivity index (χ1n) is 9.20. The number of hydrogen-bond acceptors (Lipinski definition) is 4. The second kappa shape index (κ2) is 7.48.